The third-order valence-electron chi connectivity index (χ3n) is 4.17. The van der Waals surface area contributed by atoms with Crippen molar-refractivity contribution in [2.24, 2.45) is 5.10 Å². The first-order chi connectivity index (χ1) is 14.0. The molecule has 3 aromatic heterocycles. The molecule has 4 rings (SSSR count). The van der Waals surface area contributed by atoms with Crippen LogP contribution in [0.25, 0.3) is 10.7 Å². The van der Waals surface area contributed by atoms with Crippen molar-refractivity contribution in [3.63, 3.8) is 0 Å². The van der Waals surface area contributed by atoms with Crippen LogP contribution >= 0.6 is 35.2 Å². The number of aromatic amines is 1. The fourth-order valence-corrected chi connectivity index (χ4v) is 3.75. The number of furan rings is 1. The molecule has 0 aliphatic carbocycles. The Labute approximate surface area is 181 Å². The van der Waals surface area contributed by atoms with Gasteiger partial charge in [-0.05, 0) is 72.9 Å². The summed E-state index contributed by atoms with van der Waals surface area (Å²) in [6, 6.07) is 11.4. The van der Waals surface area contributed by atoms with Crippen LogP contribution in [0.1, 0.15) is 22.6 Å². The van der Waals surface area contributed by atoms with Crippen molar-refractivity contribution in [2.45, 2.75) is 20.5 Å². The van der Waals surface area contributed by atoms with Crippen LogP contribution in [0, 0.1) is 18.6 Å². The summed E-state index contributed by atoms with van der Waals surface area (Å²) in [6.07, 6.45) is 1.60. The fourth-order valence-electron chi connectivity index (χ4n) is 2.76. The highest BCUT2D eigenvalue weighted by Gasteiger charge is 2.09. The number of aromatic nitrogens is 3. The quantitative estimate of drug-likeness (QED) is 0.293. The van der Waals surface area contributed by atoms with Crippen molar-refractivity contribution in [1.82, 2.24) is 14.9 Å². The molecule has 9 heteroatoms. The number of aryl methyl sites for hydroxylation is 2. The van der Waals surface area contributed by atoms with Gasteiger partial charge in [0.25, 0.3) is 0 Å². The van der Waals surface area contributed by atoms with Gasteiger partial charge in [-0.1, -0.05) is 17.7 Å². The van der Waals surface area contributed by atoms with Gasteiger partial charge in [0.2, 0.25) is 4.77 Å². The number of thiophene rings is 1. The summed E-state index contributed by atoms with van der Waals surface area (Å²) in [5.74, 6) is 2.68. The number of H-pyrrole nitrogens is 1. The van der Waals surface area contributed by atoms with E-state index in [4.69, 9.17) is 33.0 Å². The Morgan fingerprint density at radius 3 is 2.83 bits per heavy atom. The molecule has 0 fully saturated rings. The van der Waals surface area contributed by atoms with E-state index >= 15 is 0 Å². The van der Waals surface area contributed by atoms with Crippen molar-refractivity contribution in [1.29, 1.82) is 0 Å². The Morgan fingerprint density at radius 2 is 2.10 bits per heavy atom. The number of nitrogens with zero attached hydrogens (tertiary/aromatic N) is 3. The molecule has 0 saturated heterocycles. The van der Waals surface area contributed by atoms with Crippen molar-refractivity contribution < 1.29 is 9.15 Å². The summed E-state index contributed by atoms with van der Waals surface area (Å²) in [7, 11) is 0. The Hall–Kier alpha value is -2.68. The average molecular weight is 445 g/mol. The van der Waals surface area contributed by atoms with Crippen molar-refractivity contribution in [3.8, 4) is 16.5 Å². The molecule has 6 nitrogen and oxygen atoms in total. The summed E-state index contributed by atoms with van der Waals surface area (Å²) >= 11 is 13.0. The molecule has 4 aromatic rings. The normalized spacial score (nSPS) is 11.4. The average Bonchev–Trinajstić information content (AvgIpc) is 3.44. The van der Waals surface area contributed by atoms with E-state index in [1.54, 1.807) is 22.2 Å². The van der Waals surface area contributed by atoms with Gasteiger partial charge in [0.1, 0.15) is 23.9 Å². The first kappa shape index (κ1) is 19.6. The monoisotopic (exact) mass is 444 g/mol. The Kier molecular flexibility index (Phi) is 5.66. The fraction of sp³-hybridized carbons (Fsp3) is 0.150. The van der Waals surface area contributed by atoms with Crippen LogP contribution < -0.4 is 4.74 Å². The summed E-state index contributed by atoms with van der Waals surface area (Å²) in [5, 5.41) is 14.2. The molecular weight excluding hydrogens is 428 g/mol. The van der Waals surface area contributed by atoms with Gasteiger partial charge < -0.3 is 9.15 Å². The van der Waals surface area contributed by atoms with E-state index in [1.165, 1.54) is 0 Å². The summed E-state index contributed by atoms with van der Waals surface area (Å²) in [4.78, 5) is 0.969. The smallest absolute Gasteiger partial charge is 0.216 e. The number of hydrogen-bond donors (Lipinski definition) is 1. The highest BCUT2D eigenvalue weighted by molar-refractivity contribution is 7.71. The Bertz CT molecular complexity index is 1200. The minimum absolute atomic E-state index is 0.305. The molecule has 0 saturated carbocycles. The first-order valence-corrected chi connectivity index (χ1v) is 10.4. The SMILES string of the molecule is Cc1cc(OCc2ccc(/C=N\n3c(-c4cccs4)n[nH]c3=S)o2)cc(C)c1Cl. The number of halogens is 1. The first-order valence-electron chi connectivity index (χ1n) is 8.75. The van der Waals surface area contributed by atoms with E-state index in [0.717, 1.165) is 26.8 Å². The molecule has 0 amide bonds. The zero-order chi connectivity index (χ0) is 20.4. The number of rotatable bonds is 6. The van der Waals surface area contributed by atoms with Gasteiger partial charge in [0.05, 0.1) is 11.1 Å². The maximum Gasteiger partial charge on any atom is 0.216 e. The van der Waals surface area contributed by atoms with Gasteiger partial charge in [0.15, 0.2) is 5.82 Å². The van der Waals surface area contributed by atoms with Gasteiger partial charge in [-0.25, -0.2) is 5.10 Å². The molecule has 29 heavy (non-hydrogen) atoms. The number of benzene rings is 1. The van der Waals surface area contributed by atoms with Crippen LogP contribution in [0.15, 0.2) is 51.3 Å². The lowest BCUT2D eigenvalue weighted by atomic mass is 10.1. The standard InChI is InChI=1S/C20H17ClN4O2S2/c1-12-8-16(9-13(2)18(12)21)26-11-15-6-5-14(27-15)10-22-25-19(23-24-20(25)28)17-4-3-7-29-17/h3-10H,11H2,1-2H3,(H,24,28)/b22-10-. The van der Waals surface area contributed by atoms with E-state index < -0.39 is 0 Å². The molecule has 1 aromatic carbocycles. The molecule has 0 atom stereocenters. The van der Waals surface area contributed by atoms with E-state index in [9.17, 15) is 0 Å². The number of hydrogen-bond acceptors (Lipinski definition) is 6. The van der Waals surface area contributed by atoms with Crippen LogP contribution in [0.2, 0.25) is 5.02 Å². The van der Waals surface area contributed by atoms with Crippen LogP contribution in [0.3, 0.4) is 0 Å². The highest BCUT2D eigenvalue weighted by atomic mass is 35.5. The van der Waals surface area contributed by atoms with Gasteiger partial charge in [0, 0.05) is 5.02 Å². The zero-order valence-electron chi connectivity index (χ0n) is 15.7. The molecule has 0 unspecified atom stereocenters. The molecule has 0 spiro atoms. The topological polar surface area (TPSA) is 68.3 Å². The molecule has 148 valence electrons. The molecule has 3 heterocycles. The number of nitrogens with one attached hydrogen (secondary N) is 1. The van der Waals surface area contributed by atoms with Crippen LogP contribution in [0.4, 0.5) is 0 Å². The molecule has 0 aliphatic rings. The summed E-state index contributed by atoms with van der Waals surface area (Å²) < 4.78 is 13.6. The summed E-state index contributed by atoms with van der Waals surface area (Å²) in [5.41, 5.74) is 1.96. The summed E-state index contributed by atoms with van der Waals surface area (Å²) in [6.45, 7) is 4.21. The van der Waals surface area contributed by atoms with Gasteiger partial charge in [-0.2, -0.15) is 14.9 Å². The molecule has 1 N–H and O–H groups in total. The lowest BCUT2D eigenvalue weighted by Crippen LogP contribution is -1.95. The third-order valence-corrected chi connectivity index (χ3v) is 5.89. The molecule has 0 aliphatic heterocycles. The van der Waals surface area contributed by atoms with E-state index in [-0.39, 0.29) is 0 Å². The van der Waals surface area contributed by atoms with E-state index in [1.807, 2.05) is 55.6 Å². The predicted octanol–water partition coefficient (Wildman–Crippen LogP) is 5.99. The predicted molar refractivity (Wildman–Crippen MR) is 118 cm³/mol. The lowest BCUT2D eigenvalue weighted by molar-refractivity contribution is 0.269. The molecular formula is C20H17ClN4O2S2. The lowest BCUT2D eigenvalue weighted by Gasteiger charge is -2.08. The van der Waals surface area contributed by atoms with Crippen molar-refractivity contribution >= 4 is 41.4 Å². The van der Waals surface area contributed by atoms with Crippen LogP contribution in [-0.2, 0) is 6.61 Å². The van der Waals surface area contributed by atoms with Crippen molar-refractivity contribution in [3.05, 3.63) is 74.2 Å². The highest BCUT2D eigenvalue weighted by Crippen LogP contribution is 2.26. The molecule has 0 bridgehead atoms. The van der Waals surface area contributed by atoms with Crippen LogP contribution in [-0.4, -0.2) is 21.1 Å². The minimum atomic E-state index is 0.305. The van der Waals surface area contributed by atoms with Crippen LogP contribution in [0.5, 0.6) is 5.75 Å². The second kappa shape index (κ2) is 8.36. The van der Waals surface area contributed by atoms with Crippen molar-refractivity contribution in [2.75, 3.05) is 0 Å². The number of ether oxygens (including phenoxy) is 1. The maximum atomic E-state index is 6.20. The minimum Gasteiger partial charge on any atom is -0.486 e. The largest absolute Gasteiger partial charge is 0.486 e. The Morgan fingerprint density at radius 1 is 1.31 bits per heavy atom. The second-order valence-corrected chi connectivity index (χ2v) is 8.06. The molecule has 0 radical (unpaired) electrons. The van der Waals surface area contributed by atoms with E-state index in [2.05, 4.69) is 15.3 Å². The van der Waals surface area contributed by atoms with Gasteiger partial charge >= 0.3 is 0 Å². The van der Waals surface area contributed by atoms with Gasteiger partial charge in [-0.15, -0.1) is 11.3 Å². The third kappa shape index (κ3) is 4.34. The second-order valence-electron chi connectivity index (χ2n) is 6.35. The van der Waals surface area contributed by atoms with Gasteiger partial charge in [-0.3, -0.25) is 0 Å². The Balaban J connectivity index is 1.47. The zero-order valence-corrected chi connectivity index (χ0v) is 18.1. The van der Waals surface area contributed by atoms with E-state index in [0.29, 0.717) is 28.7 Å². The maximum absolute atomic E-state index is 6.20.